The molecule has 0 spiro atoms. The number of oxime groups is 1. The zero-order valence-corrected chi connectivity index (χ0v) is 5.97. The molecule has 0 amide bonds. The first-order valence-corrected chi connectivity index (χ1v) is 2.83. The molecule has 0 rings (SSSR count). The van der Waals surface area contributed by atoms with Gasteiger partial charge in [0.2, 0.25) is 0 Å². The SMILES string of the molecule is CCC(=O)/C(C)=N/OC. The second-order valence-corrected chi connectivity index (χ2v) is 1.64. The third-order valence-electron chi connectivity index (χ3n) is 0.953. The lowest BCUT2D eigenvalue weighted by Crippen LogP contribution is -2.07. The molecular formula is C6H11NO2. The molecule has 0 aliphatic rings. The summed E-state index contributed by atoms with van der Waals surface area (Å²) in [5.41, 5.74) is 0.431. The molecule has 9 heavy (non-hydrogen) atoms. The smallest absolute Gasteiger partial charge is 0.179 e. The fraction of sp³-hybridized carbons (Fsp3) is 0.667. The highest BCUT2D eigenvalue weighted by Crippen LogP contribution is 1.85. The Morgan fingerprint density at radius 2 is 2.22 bits per heavy atom. The van der Waals surface area contributed by atoms with E-state index in [2.05, 4.69) is 9.99 Å². The monoisotopic (exact) mass is 129 g/mol. The van der Waals surface area contributed by atoms with E-state index in [0.717, 1.165) is 0 Å². The molecular weight excluding hydrogens is 118 g/mol. The van der Waals surface area contributed by atoms with Gasteiger partial charge in [-0.1, -0.05) is 12.1 Å². The van der Waals surface area contributed by atoms with Crippen LogP contribution in [0.25, 0.3) is 0 Å². The van der Waals surface area contributed by atoms with Crippen LogP contribution in [0, 0.1) is 0 Å². The van der Waals surface area contributed by atoms with Crippen molar-refractivity contribution in [1.82, 2.24) is 0 Å². The van der Waals surface area contributed by atoms with Gasteiger partial charge in [-0.2, -0.15) is 0 Å². The van der Waals surface area contributed by atoms with E-state index in [1.165, 1.54) is 7.11 Å². The second kappa shape index (κ2) is 4.06. The third-order valence-corrected chi connectivity index (χ3v) is 0.953. The van der Waals surface area contributed by atoms with Crippen LogP contribution in [-0.4, -0.2) is 18.6 Å². The molecule has 0 radical (unpaired) electrons. The van der Waals surface area contributed by atoms with Crippen LogP contribution in [0.3, 0.4) is 0 Å². The highest BCUT2D eigenvalue weighted by atomic mass is 16.6. The number of nitrogens with zero attached hydrogens (tertiary/aromatic N) is 1. The van der Waals surface area contributed by atoms with Crippen LogP contribution in [0.1, 0.15) is 20.3 Å². The van der Waals surface area contributed by atoms with Crippen molar-refractivity contribution in [1.29, 1.82) is 0 Å². The van der Waals surface area contributed by atoms with Gasteiger partial charge in [0.25, 0.3) is 0 Å². The van der Waals surface area contributed by atoms with E-state index in [0.29, 0.717) is 12.1 Å². The summed E-state index contributed by atoms with van der Waals surface area (Å²) >= 11 is 0. The van der Waals surface area contributed by atoms with Gasteiger partial charge in [0.05, 0.1) is 0 Å². The highest BCUT2D eigenvalue weighted by molar-refractivity contribution is 6.38. The molecule has 0 N–H and O–H groups in total. The number of ketones is 1. The van der Waals surface area contributed by atoms with Crippen LogP contribution >= 0.6 is 0 Å². The van der Waals surface area contributed by atoms with E-state index in [1.54, 1.807) is 13.8 Å². The number of hydrogen-bond acceptors (Lipinski definition) is 3. The second-order valence-electron chi connectivity index (χ2n) is 1.64. The minimum atomic E-state index is 0.0249. The first-order valence-electron chi connectivity index (χ1n) is 2.83. The Balaban J connectivity index is 3.86. The van der Waals surface area contributed by atoms with Gasteiger partial charge in [-0.15, -0.1) is 0 Å². The minimum absolute atomic E-state index is 0.0249. The quantitative estimate of drug-likeness (QED) is 0.421. The van der Waals surface area contributed by atoms with Gasteiger partial charge < -0.3 is 4.84 Å². The van der Waals surface area contributed by atoms with Crippen molar-refractivity contribution >= 4 is 11.5 Å². The van der Waals surface area contributed by atoms with Crippen LogP contribution in [-0.2, 0) is 9.63 Å². The lowest BCUT2D eigenvalue weighted by molar-refractivity contribution is -0.112. The molecule has 52 valence electrons. The van der Waals surface area contributed by atoms with E-state index in [1.807, 2.05) is 0 Å². The lowest BCUT2D eigenvalue weighted by Gasteiger charge is -1.92. The summed E-state index contributed by atoms with van der Waals surface area (Å²) in [6.07, 6.45) is 0.485. The van der Waals surface area contributed by atoms with Crippen molar-refractivity contribution in [3.05, 3.63) is 0 Å². The Labute approximate surface area is 54.7 Å². The Morgan fingerprint density at radius 3 is 2.56 bits per heavy atom. The maximum absolute atomic E-state index is 10.7. The molecule has 0 atom stereocenters. The van der Waals surface area contributed by atoms with Gasteiger partial charge in [-0.05, 0) is 6.92 Å². The number of carbonyl (C=O) groups excluding carboxylic acids is 1. The average molecular weight is 129 g/mol. The van der Waals surface area contributed by atoms with Crippen molar-refractivity contribution in [2.75, 3.05) is 7.11 Å². The maximum Gasteiger partial charge on any atom is 0.179 e. The molecule has 0 unspecified atom stereocenters. The molecule has 0 saturated carbocycles. The fourth-order valence-electron chi connectivity index (χ4n) is 0.444. The topological polar surface area (TPSA) is 38.7 Å². The molecule has 0 aromatic carbocycles. The Hall–Kier alpha value is -0.860. The van der Waals surface area contributed by atoms with Crippen molar-refractivity contribution in [2.45, 2.75) is 20.3 Å². The summed E-state index contributed by atoms with van der Waals surface area (Å²) in [5.74, 6) is 0.0249. The van der Waals surface area contributed by atoms with Gasteiger partial charge in [-0.3, -0.25) is 4.79 Å². The standard InChI is InChI=1S/C6H11NO2/c1-4-6(8)5(2)7-9-3/h4H2,1-3H3/b7-5+. The number of rotatable bonds is 3. The van der Waals surface area contributed by atoms with Gasteiger partial charge >= 0.3 is 0 Å². The van der Waals surface area contributed by atoms with Crippen molar-refractivity contribution < 1.29 is 9.63 Å². The average Bonchev–Trinajstić information content (AvgIpc) is 1.87. The van der Waals surface area contributed by atoms with E-state index in [9.17, 15) is 4.79 Å². The molecule has 3 heteroatoms. The molecule has 0 bridgehead atoms. The van der Waals surface area contributed by atoms with Crippen molar-refractivity contribution in [3.63, 3.8) is 0 Å². The Kier molecular flexibility index (Phi) is 3.67. The summed E-state index contributed by atoms with van der Waals surface area (Å²) in [6.45, 7) is 3.42. The number of carbonyl (C=O) groups is 1. The largest absolute Gasteiger partial charge is 0.399 e. The Morgan fingerprint density at radius 1 is 1.67 bits per heavy atom. The first-order chi connectivity index (χ1) is 4.22. The first kappa shape index (κ1) is 8.14. The molecule has 3 nitrogen and oxygen atoms in total. The van der Waals surface area contributed by atoms with Crippen LogP contribution in [0.5, 0.6) is 0 Å². The van der Waals surface area contributed by atoms with Crippen LogP contribution in [0.15, 0.2) is 5.16 Å². The predicted molar refractivity (Wildman–Crippen MR) is 35.4 cm³/mol. The molecule has 0 aliphatic carbocycles. The predicted octanol–water partition coefficient (Wildman–Crippen LogP) is 0.988. The van der Waals surface area contributed by atoms with E-state index in [4.69, 9.17) is 0 Å². The molecule has 0 aromatic heterocycles. The number of hydrogen-bond donors (Lipinski definition) is 0. The lowest BCUT2D eigenvalue weighted by atomic mass is 10.2. The summed E-state index contributed by atoms with van der Waals surface area (Å²) < 4.78 is 0. The Bertz CT molecular complexity index is 129. The van der Waals surface area contributed by atoms with Gasteiger partial charge in [0.1, 0.15) is 12.8 Å². The zero-order valence-electron chi connectivity index (χ0n) is 5.97. The van der Waals surface area contributed by atoms with E-state index < -0.39 is 0 Å². The summed E-state index contributed by atoms with van der Waals surface area (Å²) in [4.78, 5) is 15.1. The fourth-order valence-corrected chi connectivity index (χ4v) is 0.444. The van der Waals surface area contributed by atoms with Gasteiger partial charge in [-0.25, -0.2) is 0 Å². The summed E-state index contributed by atoms with van der Waals surface area (Å²) in [5, 5.41) is 3.46. The summed E-state index contributed by atoms with van der Waals surface area (Å²) in [7, 11) is 1.42. The van der Waals surface area contributed by atoms with Crippen LogP contribution in [0.2, 0.25) is 0 Å². The zero-order chi connectivity index (χ0) is 7.28. The maximum atomic E-state index is 10.7. The van der Waals surface area contributed by atoms with Gasteiger partial charge in [0, 0.05) is 6.42 Å². The normalized spacial score (nSPS) is 11.2. The van der Waals surface area contributed by atoms with Crippen LogP contribution in [0.4, 0.5) is 0 Å². The molecule has 0 aromatic rings. The number of Topliss-reactive ketones (excluding diaryl/α,β-unsaturated/α-hetero) is 1. The minimum Gasteiger partial charge on any atom is -0.399 e. The van der Waals surface area contributed by atoms with Crippen molar-refractivity contribution in [2.24, 2.45) is 5.16 Å². The van der Waals surface area contributed by atoms with Gasteiger partial charge in [0.15, 0.2) is 5.78 Å². The molecule has 0 aliphatic heterocycles. The van der Waals surface area contributed by atoms with Crippen LogP contribution < -0.4 is 0 Å². The highest BCUT2D eigenvalue weighted by Gasteiger charge is 2.00. The molecule has 0 heterocycles. The van der Waals surface area contributed by atoms with E-state index in [-0.39, 0.29) is 5.78 Å². The van der Waals surface area contributed by atoms with E-state index >= 15 is 0 Å². The van der Waals surface area contributed by atoms with Crippen molar-refractivity contribution in [3.8, 4) is 0 Å². The molecule has 0 saturated heterocycles. The molecule has 0 fully saturated rings. The third kappa shape index (κ3) is 2.85. The summed E-state index contributed by atoms with van der Waals surface area (Å²) in [6, 6.07) is 0.